The molecule has 0 unspecified atom stereocenters. The van der Waals surface area contributed by atoms with E-state index < -0.39 is 0 Å². The predicted octanol–water partition coefficient (Wildman–Crippen LogP) is 1.59. The second-order valence-electron chi connectivity index (χ2n) is 4.33. The zero-order valence-corrected chi connectivity index (χ0v) is 11.5. The SMILES string of the molecule is Cl.Nc1nc(Cl)c2ncn([C@H]3C=C[C@@H](CO)C3)c2n1. The number of allylic oxidation sites excluding steroid dienone is 1. The van der Waals surface area contributed by atoms with E-state index in [-0.39, 0.29) is 42.1 Å². The van der Waals surface area contributed by atoms with Crippen molar-refractivity contribution in [1.29, 1.82) is 0 Å². The Bertz CT molecular complexity index is 627. The molecule has 6 nitrogen and oxygen atoms in total. The van der Waals surface area contributed by atoms with E-state index in [4.69, 9.17) is 22.4 Å². The maximum atomic E-state index is 9.14. The number of aliphatic hydroxyl groups excluding tert-OH is 1. The quantitative estimate of drug-likeness (QED) is 0.649. The van der Waals surface area contributed by atoms with Gasteiger partial charge in [-0.2, -0.15) is 9.97 Å². The number of hydrogen-bond donors (Lipinski definition) is 2. The van der Waals surface area contributed by atoms with Gasteiger partial charge in [0.05, 0.1) is 12.4 Å². The standard InChI is InChI=1S/C11H12ClN5O.ClH/c12-9-8-10(16-11(13)15-9)17(5-14-8)7-2-1-6(3-7)4-18;/h1-2,5-7,18H,3-4H2,(H2,13,15,16);1H/t6-,7+;/m1./s1. The van der Waals surface area contributed by atoms with Crippen molar-refractivity contribution >= 4 is 41.1 Å². The van der Waals surface area contributed by atoms with E-state index in [0.29, 0.717) is 11.2 Å². The summed E-state index contributed by atoms with van der Waals surface area (Å²) < 4.78 is 1.91. The average Bonchev–Trinajstić information content (AvgIpc) is 2.93. The smallest absolute Gasteiger partial charge is 0.223 e. The van der Waals surface area contributed by atoms with E-state index in [0.717, 1.165) is 6.42 Å². The van der Waals surface area contributed by atoms with Crippen LogP contribution in [0.2, 0.25) is 5.15 Å². The number of halogens is 2. The van der Waals surface area contributed by atoms with Crippen LogP contribution >= 0.6 is 24.0 Å². The molecule has 0 spiro atoms. The molecule has 0 saturated carbocycles. The molecule has 0 aromatic carbocycles. The van der Waals surface area contributed by atoms with Crippen LogP contribution in [-0.2, 0) is 0 Å². The van der Waals surface area contributed by atoms with Crippen molar-refractivity contribution < 1.29 is 5.11 Å². The van der Waals surface area contributed by atoms with Crippen LogP contribution in [-0.4, -0.2) is 31.2 Å². The molecule has 102 valence electrons. The molecule has 1 aliphatic rings. The fraction of sp³-hybridized carbons (Fsp3) is 0.364. The molecule has 0 aliphatic heterocycles. The van der Waals surface area contributed by atoms with Crippen molar-refractivity contribution in [2.24, 2.45) is 5.92 Å². The van der Waals surface area contributed by atoms with E-state index in [1.54, 1.807) is 6.33 Å². The van der Waals surface area contributed by atoms with E-state index >= 15 is 0 Å². The zero-order valence-electron chi connectivity index (χ0n) is 9.90. The van der Waals surface area contributed by atoms with Crippen LogP contribution in [0, 0.1) is 5.92 Å². The Labute approximate surface area is 120 Å². The van der Waals surface area contributed by atoms with Crippen LogP contribution in [0.15, 0.2) is 18.5 Å². The highest BCUT2D eigenvalue weighted by Gasteiger charge is 2.22. The first-order valence-corrected chi connectivity index (χ1v) is 6.01. The van der Waals surface area contributed by atoms with Crippen LogP contribution < -0.4 is 5.73 Å². The number of imidazole rings is 1. The van der Waals surface area contributed by atoms with Crippen LogP contribution in [0.5, 0.6) is 0 Å². The van der Waals surface area contributed by atoms with Crippen molar-refractivity contribution in [3.8, 4) is 0 Å². The summed E-state index contributed by atoms with van der Waals surface area (Å²) in [6.07, 6.45) is 6.54. The third-order valence-electron chi connectivity index (χ3n) is 3.14. The fourth-order valence-corrected chi connectivity index (χ4v) is 2.45. The molecule has 3 N–H and O–H groups in total. The summed E-state index contributed by atoms with van der Waals surface area (Å²) in [6.45, 7) is 0.150. The van der Waals surface area contributed by atoms with Gasteiger partial charge in [0.25, 0.3) is 0 Å². The first-order chi connectivity index (χ1) is 8.69. The number of nitrogens with two attached hydrogens (primary N) is 1. The fourth-order valence-electron chi connectivity index (χ4n) is 2.23. The Balaban J connectivity index is 0.00000133. The number of rotatable bonds is 2. The Kier molecular flexibility index (Phi) is 3.93. The number of nitrogens with zero attached hydrogens (tertiary/aromatic N) is 4. The molecule has 3 rings (SSSR count). The summed E-state index contributed by atoms with van der Waals surface area (Å²) in [4.78, 5) is 12.3. The van der Waals surface area contributed by atoms with Gasteiger partial charge in [0.15, 0.2) is 10.8 Å². The number of nitrogen functional groups attached to an aromatic ring is 1. The monoisotopic (exact) mass is 301 g/mol. The normalized spacial score (nSPS) is 21.8. The van der Waals surface area contributed by atoms with Crippen molar-refractivity contribution in [3.05, 3.63) is 23.6 Å². The molecular weight excluding hydrogens is 289 g/mol. The zero-order chi connectivity index (χ0) is 12.7. The predicted molar refractivity (Wildman–Crippen MR) is 75.4 cm³/mol. The first-order valence-electron chi connectivity index (χ1n) is 5.63. The van der Waals surface area contributed by atoms with Gasteiger partial charge >= 0.3 is 0 Å². The van der Waals surface area contributed by atoms with Gasteiger partial charge in [0, 0.05) is 12.5 Å². The summed E-state index contributed by atoms with van der Waals surface area (Å²) in [7, 11) is 0. The summed E-state index contributed by atoms with van der Waals surface area (Å²) in [6, 6.07) is 0.123. The highest BCUT2D eigenvalue weighted by Crippen LogP contribution is 2.30. The van der Waals surface area contributed by atoms with Gasteiger partial charge in [-0.05, 0) is 6.42 Å². The second kappa shape index (κ2) is 5.32. The van der Waals surface area contributed by atoms with Crippen LogP contribution in [0.4, 0.5) is 5.95 Å². The van der Waals surface area contributed by atoms with Gasteiger partial charge in [-0.3, -0.25) is 0 Å². The molecule has 2 atom stereocenters. The number of fused-ring (bicyclic) bond motifs is 1. The van der Waals surface area contributed by atoms with E-state index in [1.165, 1.54) is 0 Å². The van der Waals surface area contributed by atoms with Gasteiger partial charge in [-0.1, -0.05) is 23.8 Å². The molecular formula is C11H13Cl2N5O. The number of aromatic nitrogens is 4. The lowest BCUT2D eigenvalue weighted by atomic mass is 10.1. The van der Waals surface area contributed by atoms with Gasteiger partial charge in [0.1, 0.15) is 5.52 Å². The lowest BCUT2D eigenvalue weighted by molar-refractivity contribution is 0.244. The van der Waals surface area contributed by atoms with Gasteiger partial charge in [-0.15, -0.1) is 12.4 Å². The average molecular weight is 302 g/mol. The van der Waals surface area contributed by atoms with Crippen molar-refractivity contribution in [3.63, 3.8) is 0 Å². The lowest BCUT2D eigenvalue weighted by Crippen LogP contribution is -2.08. The molecule has 0 amide bonds. The minimum Gasteiger partial charge on any atom is -0.396 e. The Hall–Kier alpha value is -1.37. The number of hydrogen-bond acceptors (Lipinski definition) is 5. The third-order valence-corrected chi connectivity index (χ3v) is 3.40. The molecule has 2 aromatic rings. The van der Waals surface area contributed by atoms with Gasteiger partial charge < -0.3 is 15.4 Å². The molecule has 19 heavy (non-hydrogen) atoms. The molecule has 0 saturated heterocycles. The summed E-state index contributed by atoms with van der Waals surface area (Å²) >= 11 is 5.97. The van der Waals surface area contributed by atoms with E-state index in [2.05, 4.69) is 15.0 Å². The minimum absolute atomic E-state index is 0. The first kappa shape index (κ1) is 14.0. The van der Waals surface area contributed by atoms with Crippen molar-refractivity contribution in [2.45, 2.75) is 12.5 Å². The van der Waals surface area contributed by atoms with E-state index in [9.17, 15) is 0 Å². The Morgan fingerprint density at radius 3 is 2.89 bits per heavy atom. The number of aliphatic hydroxyl groups is 1. The Morgan fingerprint density at radius 2 is 2.21 bits per heavy atom. The van der Waals surface area contributed by atoms with Crippen molar-refractivity contribution in [2.75, 3.05) is 12.3 Å². The lowest BCUT2D eigenvalue weighted by Gasteiger charge is -2.12. The molecule has 2 aromatic heterocycles. The maximum absolute atomic E-state index is 9.14. The second-order valence-corrected chi connectivity index (χ2v) is 4.69. The summed E-state index contributed by atoms with van der Waals surface area (Å²) in [5, 5.41) is 9.40. The molecule has 0 bridgehead atoms. The Morgan fingerprint density at radius 1 is 1.42 bits per heavy atom. The molecule has 8 heteroatoms. The summed E-state index contributed by atoms with van der Waals surface area (Å²) in [5.41, 5.74) is 6.77. The van der Waals surface area contributed by atoms with Crippen LogP contribution in [0.1, 0.15) is 12.5 Å². The highest BCUT2D eigenvalue weighted by atomic mass is 35.5. The highest BCUT2D eigenvalue weighted by molar-refractivity contribution is 6.33. The minimum atomic E-state index is 0. The van der Waals surface area contributed by atoms with Gasteiger partial charge in [-0.25, -0.2) is 4.98 Å². The largest absolute Gasteiger partial charge is 0.396 e. The maximum Gasteiger partial charge on any atom is 0.223 e. The number of anilines is 1. The molecule has 0 radical (unpaired) electrons. The molecule has 2 heterocycles. The third kappa shape index (κ3) is 2.39. The molecule has 1 aliphatic carbocycles. The van der Waals surface area contributed by atoms with Gasteiger partial charge in [0.2, 0.25) is 5.95 Å². The molecule has 0 fully saturated rings. The van der Waals surface area contributed by atoms with E-state index in [1.807, 2.05) is 16.7 Å². The summed E-state index contributed by atoms with van der Waals surface area (Å²) in [5.74, 6) is 0.317. The van der Waals surface area contributed by atoms with Crippen LogP contribution in [0.3, 0.4) is 0 Å². The van der Waals surface area contributed by atoms with Crippen LogP contribution in [0.25, 0.3) is 11.2 Å². The topological polar surface area (TPSA) is 89.8 Å². The van der Waals surface area contributed by atoms with Crippen molar-refractivity contribution in [1.82, 2.24) is 19.5 Å².